The molecule has 124 valence electrons. The van der Waals surface area contributed by atoms with Gasteiger partial charge in [0.05, 0.1) is 6.61 Å². The van der Waals surface area contributed by atoms with Crippen molar-refractivity contribution in [3.05, 3.63) is 16.4 Å². The highest BCUT2D eigenvalue weighted by Gasteiger charge is 2.26. The first kappa shape index (κ1) is 16.8. The predicted molar refractivity (Wildman–Crippen MR) is 84.8 cm³/mol. The molecule has 0 spiro atoms. The minimum Gasteiger partial charge on any atom is -0.450 e. The summed E-state index contributed by atoms with van der Waals surface area (Å²) in [6.07, 6.45) is 3.10. The lowest BCUT2D eigenvalue weighted by Crippen LogP contribution is -2.38. The smallest absolute Gasteiger partial charge is 0.438 e. The van der Waals surface area contributed by atoms with Crippen molar-refractivity contribution in [2.24, 2.45) is 0 Å². The Bertz CT molecular complexity index is 541. The van der Waals surface area contributed by atoms with Crippen molar-refractivity contribution in [2.75, 3.05) is 6.61 Å². The van der Waals surface area contributed by atoms with Crippen LogP contribution in [0.4, 0.5) is 4.79 Å². The predicted octanol–water partition coefficient (Wildman–Crippen LogP) is 2.45. The number of carbonyl (C=O) groups is 1. The van der Waals surface area contributed by atoms with Gasteiger partial charge in [-0.3, -0.25) is 9.51 Å². The molecule has 1 aliphatic carbocycles. The van der Waals surface area contributed by atoms with Crippen LogP contribution in [0, 0.1) is 0 Å². The van der Waals surface area contributed by atoms with E-state index in [-0.39, 0.29) is 18.1 Å². The Hall–Kier alpha value is -1.57. The van der Waals surface area contributed by atoms with Crippen LogP contribution in [-0.4, -0.2) is 37.0 Å². The standard InChI is InChI=1S/C14H25N3O4Si/c1-22(2,3)9-8-20-13(18)15-11-6-4-10(5-7-11)12-16-14(19)21-17-12/h10-11H,4-9H2,1-3H3,(H,15,18)(H,16,17,19). The summed E-state index contributed by atoms with van der Waals surface area (Å²) in [7, 11) is -1.17. The first-order valence-corrected chi connectivity index (χ1v) is 11.5. The van der Waals surface area contributed by atoms with Crippen molar-refractivity contribution in [3.63, 3.8) is 0 Å². The van der Waals surface area contributed by atoms with E-state index >= 15 is 0 Å². The average molecular weight is 327 g/mol. The Balaban J connectivity index is 1.68. The number of ether oxygens (including phenoxy) is 1. The third-order valence-corrected chi connectivity index (χ3v) is 5.68. The van der Waals surface area contributed by atoms with Crippen LogP contribution in [0.25, 0.3) is 0 Å². The highest BCUT2D eigenvalue weighted by Crippen LogP contribution is 2.30. The number of aromatic nitrogens is 2. The van der Waals surface area contributed by atoms with Gasteiger partial charge in [0, 0.05) is 20.0 Å². The summed E-state index contributed by atoms with van der Waals surface area (Å²) in [5.74, 6) is 0.301. The lowest BCUT2D eigenvalue weighted by atomic mass is 9.85. The first-order valence-electron chi connectivity index (χ1n) is 7.83. The maximum atomic E-state index is 11.8. The molecule has 1 fully saturated rings. The zero-order chi connectivity index (χ0) is 16.2. The number of hydrogen-bond acceptors (Lipinski definition) is 5. The molecule has 0 unspecified atom stereocenters. The van der Waals surface area contributed by atoms with Crippen molar-refractivity contribution in [2.45, 2.75) is 63.3 Å². The molecular formula is C14H25N3O4Si. The summed E-state index contributed by atoms with van der Waals surface area (Å²) in [4.78, 5) is 25.3. The molecule has 2 N–H and O–H groups in total. The molecule has 7 nitrogen and oxygen atoms in total. The van der Waals surface area contributed by atoms with Crippen molar-refractivity contribution < 1.29 is 14.1 Å². The van der Waals surface area contributed by atoms with Gasteiger partial charge in [0.15, 0.2) is 5.82 Å². The molecule has 1 aliphatic rings. The fraction of sp³-hybridized carbons (Fsp3) is 0.786. The lowest BCUT2D eigenvalue weighted by Gasteiger charge is -2.27. The third kappa shape index (κ3) is 5.32. The lowest BCUT2D eigenvalue weighted by molar-refractivity contribution is 0.144. The van der Waals surface area contributed by atoms with Gasteiger partial charge in [0.1, 0.15) is 0 Å². The van der Waals surface area contributed by atoms with Gasteiger partial charge in [-0.1, -0.05) is 24.8 Å². The summed E-state index contributed by atoms with van der Waals surface area (Å²) in [5, 5.41) is 6.66. The van der Waals surface area contributed by atoms with E-state index in [1.165, 1.54) is 0 Å². The number of nitrogens with zero attached hydrogens (tertiary/aromatic N) is 1. The van der Waals surface area contributed by atoms with E-state index in [1.807, 2.05) is 0 Å². The molecule has 0 aliphatic heterocycles. The number of H-pyrrole nitrogens is 1. The van der Waals surface area contributed by atoms with E-state index in [9.17, 15) is 9.59 Å². The second-order valence-corrected chi connectivity index (χ2v) is 12.7. The summed E-state index contributed by atoms with van der Waals surface area (Å²) >= 11 is 0. The third-order valence-electron chi connectivity index (χ3n) is 3.98. The van der Waals surface area contributed by atoms with Crippen LogP contribution in [-0.2, 0) is 4.74 Å². The Morgan fingerprint density at radius 1 is 1.36 bits per heavy atom. The van der Waals surface area contributed by atoms with Crippen LogP contribution < -0.4 is 11.1 Å². The van der Waals surface area contributed by atoms with Gasteiger partial charge in [-0.05, 0) is 31.7 Å². The van der Waals surface area contributed by atoms with Gasteiger partial charge in [0.25, 0.3) is 0 Å². The quantitative estimate of drug-likeness (QED) is 0.810. The van der Waals surface area contributed by atoms with E-state index in [0.29, 0.717) is 12.4 Å². The fourth-order valence-corrected chi connectivity index (χ4v) is 3.30. The summed E-state index contributed by atoms with van der Waals surface area (Å²) in [5.41, 5.74) is 0. The SMILES string of the molecule is C[Si](C)(C)CCOC(=O)NC1CCC(c2noc(=O)[nH]2)CC1. The van der Waals surface area contributed by atoms with E-state index in [4.69, 9.17) is 4.74 Å². The molecule has 0 saturated heterocycles. The normalized spacial score (nSPS) is 22.3. The van der Waals surface area contributed by atoms with Gasteiger partial charge in [-0.25, -0.2) is 9.59 Å². The Labute approximate surface area is 130 Å². The molecule has 0 radical (unpaired) electrons. The topological polar surface area (TPSA) is 97.2 Å². The molecule has 1 heterocycles. The van der Waals surface area contributed by atoms with Crippen LogP contribution in [0.5, 0.6) is 0 Å². The first-order chi connectivity index (χ1) is 10.3. The molecule has 0 bridgehead atoms. The van der Waals surface area contributed by atoms with Gasteiger partial charge in [-0.15, -0.1) is 0 Å². The van der Waals surface area contributed by atoms with Crippen LogP contribution in [0.1, 0.15) is 37.4 Å². The fourth-order valence-electron chi connectivity index (χ4n) is 2.59. The molecule has 1 amide bonds. The molecule has 1 saturated carbocycles. The molecular weight excluding hydrogens is 302 g/mol. The number of amides is 1. The van der Waals surface area contributed by atoms with Crippen molar-refractivity contribution in [1.82, 2.24) is 15.5 Å². The Kier molecular flexibility index (Phi) is 5.44. The zero-order valence-corrected chi connectivity index (χ0v) is 14.5. The Morgan fingerprint density at radius 2 is 2.05 bits per heavy atom. The molecule has 0 atom stereocenters. The van der Waals surface area contributed by atoms with E-state index in [0.717, 1.165) is 31.7 Å². The van der Waals surface area contributed by atoms with E-state index in [2.05, 4.69) is 39.6 Å². The molecule has 1 aromatic heterocycles. The Morgan fingerprint density at radius 3 is 2.59 bits per heavy atom. The summed E-state index contributed by atoms with van der Waals surface area (Å²) < 4.78 is 9.78. The minimum absolute atomic E-state index is 0.134. The van der Waals surface area contributed by atoms with Crippen molar-refractivity contribution >= 4 is 14.2 Å². The van der Waals surface area contributed by atoms with E-state index < -0.39 is 13.8 Å². The van der Waals surface area contributed by atoms with Crippen LogP contribution in [0.15, 0.2) is 9.32 Å². The maximum absolute atomic E-state index is 11.8. The molecule has 0 aromatic carbocycles. The zero-order valence-electron chi connectivity index (χ0n) is 13.5. The number of aromatic amines is 1. The molecule has 1 aromatic rings. The van der Waals surface area contributed by atoms with Gasteiger partial charge in [0.2, 0.25) is 0 Å². The van der Waals surface area contributed by atoms with Gasteiger partial charge < -0.3 is 10.1 Å². The highest BCUT2D eigenvalue weighted by molar-refractivity contribution is 6.76. The number of hydrogen-bond donors (Lipinski definition) is 2. The van der Waals surface area contributed by atoms with E-state index in [1.54, 1.807) is 0 Å². The number of carbonyl (C=O) groups excluding carboxylic acids is 1. The number of rotatable bonds is 5. The van der Waals surface area contributed by atoms with Gasteiger partial charge >= 0.3 is 11.8 Å². The largest absolute Gasteiger partial charge is 0.450 e. The van der Waals surface area contributed by atoms with Crippen molar-refractivity contribution in [1.29, 1.82) is 0 Å². The second-order valence-electron chi connectivity index (χ2n) is 7.12. The van der Waals surface area contributed by atoms with Crippen LogP contribution in [0.2, 0.25) is 25.7 Å². The minimum atomic E-state index is -1.17. The molecule has 2 rings (SSSR count). The summed E-state index contributed by atoms with van der Waals surface area (Å²) in [6.45, 7) is 7.26. The number of alkyl carbamates (subject to hydrolysis) is 1. The van der Waals surface area contributed by atoms with Crippen LogP contribution >= 0.6 is 0 Å². The summed E-state index contributed by atoms with van der Waals surface area (Å²) in [6, 6.07) is 1.11. The number of nitrogens with one attached hydrogen (secondary N) is 2. The molecule has 22 heavy (non-hydrogen) atoms. The van der Waals surface area contributed by atoms with Crippen LogP contribution in [0.3, 0.4) is 0 Å². The molecule has 8 heteroatoms. The monoisotopic (exact) mass is 327 g/mol. The average Bonchev–Trinajstić information content (AvgIpc) is 2.85. The maximum Gasteiger partial charge on any atom is 0.438 e. The van der Waals surface area contributed by atoms with Crippen molar-refractivity contribution in [3.8, 4) is 0 Å². The highest BCUT2D eigenvalue weighted by atomic mass is 28.3. The van der Waals surface area contributed by atoms with Gasteiger partial charge in [-0.2, -0.15) is 0 Å². The second kappa shape index (κ2) is 7.13.